The number of nitrogens with one attached hydrogen (secondary N) is 1. The second-order valence-corrected chi connectivity index (χ2v) is 5.70. The van der Waals surface area contributed by atoms with Crippen LogP contribution in [-0.2, 0) is 6.54 Å². The first-order valence-corrected chi connectivity index (χ1v) is 6.40. The zero-order valence-corrected chi connectivity index (χ0v) is 11.0. The maximum Gasteiger partial charge on any atom is 0.0411 e. The monoisotopic (exact) mass is 251 g/mol. The molecule has 0 saturated carbocycles. The predicted octanol–water partition coefficient (Wildman–Crippen LogP) is 4.63. The van der Waals surface area contributed by atoms with E-state index in [1.165, 1.54) is 15.3 Å². The zero-order valence-electron chi connectivity index (χ0n) is 9.38. The first-order valence-electron chi connectivity index (χ1n) is 5.20. The molecule has 0 bridgehead atoms. The van der Waals surface area contributed by atoms with Crippen molar-refractivity contribution in [3.8, 4) is 0 Å². The van der Waals surface area contributed by atoms with Crippen molar-refractivity contribution >= 4 is 28.6 Å². The van der Waals surface area contributed by atoms with E-state index < -0.39 is 0 Å². The van der Waals surface area contributed by atoms with Crippen LogP contribution in [0.2, 0.25) is 5.02 Å². The summed E-state index contributed by atoms with van der Waals surface area (Å²) in [6, 6.07) is 10.0. The maximum atomic E-state index is 5.83. The standard InChI is InChI=1S/C13H14ClNS/c1-9-7-11(10(2)16-9)8-15-13-5-3-12(14)4-6-13/h3-7,15H,8H2,1-2H3. The molecular weight excluding hydrogens is 238 g/mol. The predicted molar refractivity (Wildman–Crippen MR) is 72.6 cm³/mol. The number of rotatable bonds is 3. The van der Waals surface area contributed by atoms with Crippen molar-refractivity contribution in [1.29, 1.82) is 0 Å². The second kappa shape index (κ2) is 4.89. The Morgan fingerprint density at radius 1 is 1.19 bits per heavy atom. The molecular formula is C13H14ClNS. The van der Waals surface area contributed by atoms with E-state index in [0.29, 0.717) is 0 Å². The van der Waals surface area contributed by atoms with Gasteiger partial charge in [0.05, 0.1) is 0 Å². The summed E-state index contributed by atoms with van der Waals surface area (Å²) in [5.41, 5.74) is 2.48. The van der Waals surface area contributed by atoms with Gasteiger partial charge in [0.25, 0.3) is 0 Å². The fraction of sp³-hybridized carbons (Fsp3) is 0.231. The fourth-order valence-corrected chi connectivity index (χ4v) is 2.70. The third-order valence-electron chi connectivity index (χ3n) is 2.47. The molecule has 0 aliphatic carbocycles. The van der Waals surface area contributed by atoms with Crippen molar-refractivity contribution in [1.82, 2.24) is 0 Å². The molecule has 2 rings (SSSR count). The van der Waals surface area contributed by atoms with Crippen LogP contribution in [-0.4, -0.2) is 0 Å². The van der Waals surface area contributed by atoms with Gasteiger partial charge in [-0.25, -0.2) is 0 Å². The van der Waals surface area contributed by atoms with Crippen LogP contribution in [0, 0.1) is 13.8 Å². The molecule has 0 unspecified atom stereocenters. The van der Waals surface area contributed by atoms with Gasteiger partial charge in [-0.3, -0.25) is 0 Å². The lowest BCUT2D eigenvalue weighted by molar-refractivity contribution is 1.14. The van der Waals surface area contributed by atoms with Gasteiger partial charge in [-0.2, -0.15) is 0 Å². The molecule has 0 aliphatic heterocycles. The Hall–Kier alpha value is -0.990. The van der Waals surface area contributed by atoms with Crippen LogP contribution in [0.3, 0.4) is 0 Å². The number of anilines is 1. The molecule has 0 saturated heterocycles. The minimum Gasteiger partial charge on any atom is -0.381 e. The quantitative estimate of drug-likeness (QED) is 0.839. The van der Waals surface area contributed by atoms with Gasteiger partial charge >= 0.3 is 0 Å². The number of hydrogen-bond donors (Lipinski definition) is 1. The highest BCUT2D eigenvalue weighted by molar-refractivity contribution is 7.12. The van der Waals surface area contributed by atoms with Crippen molar-refractivity contribution in [2.75, 3.05) is 5.32 Å². The van der Waals surface area contributed by atoms with Gasteiger partial charge in [-0.15, -0.1) is 11.3 Å². The van der Waals surface area contributed by atoms with Gasteiger partial charge in [0, 0.05) is 27.0 Å². The van der Waals surface area contributed by atoms with E-state index in [-0.39, 0.29) is 0 Å². The van der Waals surface area contributed by atoms with E-state index in [4.69, 9.17) is 11.6 Å². The summed E-state index contributed by atoms with van der Waals surface area (Å²) in [7, 11) is 0. The molecule has 2 aromatic rings. The van der Waals surface area contributed by atoms with Crippen LogP contribution in [0.1, 0.15) is 15.3 Å². The number of benzene rings is 1. The lowest BCUT2D eigenvalue weighted by atomic mass is 10.2. The Kier molecular flexibility index (Phi) is 3.52. The van der Waals surface area contributed by atoms with Crippen LogP contribution >= 0.6 is 22.9 Å². The molecule has 1 heterocycles. The molecule has 0 atom stereocenters. The molecule has 0 aliphatic rings. The van der Waals surface area contributed by atoms with E-state index in [9.17, 15) is 0 Å². The van der Waals surface area contributed by atoms with Crippen molar-refractivity contribution in [2.45, 2.75) is 20.4 Å². The highest BCUT2D eigenvalue weighted by Crippen LogP contribution is 2.22. The largest absolute Gasteiger partial charge is 0.381 e. The van der Waals surface area contributed by atoms with Crippen LogP contribution in [0.15, 0.2) is 30.3 Å². The molecule has 0 amide bonds. The highest BCUT2D eigenvalue weighted by Gasteiger charge is 2.02. The SMILES string of the molecule is Cc1cc(CNc2ccc(Cl)cc2)c(C)s1. The molecule has 0 radical (unpaired) electrons. The smallest absolute Gasteiger partial charge is 0.0411 e. The van der Waals surface area contributed by atoms with Gasteiger partial charge < -0.3 is 5.32 Å². The summed E-state index contributed by atoms with van der Waals surface area (Å²) in [6.45, 7) is 5.18. The Morgan fingerprint density at radius 2 is 1.88 bits per heavy atom. The summed E-state index contributed by atoms with van der Waals surface area (Å²) >= 11 is 7.68. The number of thiophene rings is 1. The molecule has 0 fully saturated rings. The molecule has 1 aromatic heterocycles. The summed E-state index contributed by atoms with van der Waals surface area (Å²) in [6.07, 6.45) is 0. The molecule has 1 N–H and O–H groups in total. The van der Waals surface area contributed by atoms with Crippen molar-refractivity contribution in [3.63, 3.8) is 0 Å². The summed E-state index contributed by atoms with van der Waals surface area (Å²) in [5, 5.41) is 4.16. The molecule has 0 spiro atoms. The van der Waals surface area contributed by atoms with E-state index >= 15 is 0 Å². The van der Waals surface area contributed by atoms with E-state index in [0.717, 1.165) is 17.3 Å². The van der Waals surface area contributed by atoms with Gasteiger partial charge in [0.1, 0.15) is 0 Å². The van der Waals surface area contributed by atoms with E-state index in [1.54, 1.807) is 0 Å². The van der Waals surface area contributed by atoms with Gasteiger partial charge in [0.15, 0.2) is 0 Å². The normalized spacial score (nSPS) is 10.4. The first-order chi connectivity index (χ1) is 7.65. The number of hydrogen-bond acceptors (Lipinski definition) is 2. The Bertz CT molecular complexity index is 473. The zero-order chi connectivity index (χ0) is 11.5. The average Bonchev–Trinajstić information content (AvgIpc) is 2.57. The minimum absolute atomic E-state index is 0.771. The molecule has 1 aromatic carbocycles. The van der Waals surface area contributed by atoms with Gasteiger partial charge in [-0.1, -0.05) is 11.6 Å². The third kappa shape index (κ3) is 2.77. The van der Waals surface area contributed by atoms with Crippen molar-refractivity contribution < 1.29 is 0 Å². The lowest BCUT2D eigenvalue weighted by Gasteiger charge is -2.05. The van der Waals surface area contributed by atoms with Crippen LogP contribution in [0.5, 0.6) is 0 Å². The number of aryl methyl sites for hydroxylation is 2. The van der Waals surface area contributed by atoms with Crippen LogP contribution in [0.4, 0.5) is 5.69 Å². The van der Waals surface area contributed by atoms with E-state index in [2.05, 4.69) is 25.2 Å². The van der Waals surface area contributed by atoms with Crippen LogP contribution in [0.25, 0.3) is 0 Å². The molecule has 1 nitrogen and oxygen atoms in total. The average molecular weight is 252 g/mol. The van der Waals surface area contributed by atoms with Gasteiger partial charge in [-0.05, 0) is 49.7 Å². The molecule has 16 heavy (non-hydrogen) atoms. The Labute approximate surface area is 105 Å². The highest BCUT2D eigenvalue weighted by atomic mass is 35.5. The van der Waals surface area contributed by atoms with E-state index in [1.807, 2.05) is 35.6 Å². The van der Waals surface area contributed by atoms with Crippen LogP contribution < -0.4 is 5.32 Å². The second-order valence-electron chi connectivity index (χ2n) is 3.80. The lowest BCUT2D eigenvalue weighted by Crippen LogP contribution is -1.98. The Morgan fingerprint density at radius 3 is 2.44 bits per heavy atom. The fourth-order valence-electron chi connectivity index (χ4n) is 1.62. The summed E-state index contributed by atoms with van der Waals surface area (Å²) in [5.74, 6) is 0. The topological polar surface area (TPSA) is 12.0 Å². The first kappa shape index (κ1) is 11.5. The summed E-state index contributed by atoms with van der Waals surface area (Å²) < 4.78 is 0. The third-order valence-corrected chi connectivity index (χ3v) is 3.73. The van der Waals surface area contributed by atoms with Crippen molar-refractivity contribution in [2.24, 2.45) is 0 Å². The summed E-state index contributed by atoms with van der Waals surface area (Å²) in [4.78, 5) is 2.75. The maximum absolute atomic E-state index is 5.83. The minimum atomic E-state index is 0.771. The van der Waals surface area contributed by atoms with Crippen molar-refractivity contribution in [3.05, 3.63) is 50.7 Å². The van der Waals surface area contributed by atoms with Gasteiger partial charge in [0.2, 0.25) is 0 Å². The molecule has 3 heteroatoms. The number of halogens is 1. The Balaban J connectivity index is 2.02. The molecule has 84 valence electrons.